The van der Waals surface area contributed by atoms with Crippen LogP contribution in [0.2, 0.25) is 0 Å². The molecule has 4 aromatic rings. The van der Waals surface area contributed by atoms with Crippen LogP contribution in [0.25, 0.3) is 22.4 Å². The summed E-state index contributed by atoms with van der Waals surface area (Å²) in [6, 6.07) is 25.8. The molecule has 0 aliphatic carbocycles. The fourth-order valence-corrected chi connectivity index (χ4v) is 2.68. The average Bonchev–Trinajstić information content (AvgIpc) is 2.74. The second-order valence-electron chi connectivity index (χ2n) is 5.83. The summed E-state index contributed by atoms with van der Waals surface area (Å²) < 4.78 is 5.87. The largest absolute Gasteiger partial charge is 0.487 e. The quantitative estimate of drug-likeness (QED) is 0.525. The average molecular weight is 339 g/mol. The number of rotatable bonds is 5. The molecule has 126 valence electrons. The topological polar surface area (TPSA) is 47.9 Å². The first-order valence-corrected chi connectivity index (χ1v) is 8.40. The summed E-state index contributed by atoms with van der Waals surface area (Å²) in [6.45, 7) is 0.439. The molecule has 4 rings (SSSR count). The number of benzene rings is 2. The van der Waals surface area contributed by atoms with Gasteiger partial charge in [-0.3, -0.25) is 4.98 Å². The standard InChI is InChI=1S/C22H17N3O/c1-2-7-17(8-3-1)22-14-19(15-24-25-22)18-9-6-11-21(13-18)26-16-20-10-4-5-12-23-20/h1-15H,16H2. The highest BCUT2D eigenvalue weighted by Gasteiger charge is 2.05. The van der Waals surface area contributed by atoms with Gasteiger partial charge in [-0.05, 0) is 35.9 Å². The molecule has 0 spiro atoms. The third-order valence-corrected chi connectivity index (χ3v) is 4.00. The second-order valence-corrected chi connectivity index (χ2v) is 5.83. The zero-order valence-electron chi connectivity index (χ0n) is 14.1. The molecule has 0 saturated heterocycles. The molecule has 0 saturated carbocycles. The molecule has 0 atom stereocenters. The van der Waals surface area contributed by atoms with Gasteiger partial charge in [-0.2, -0.15) is 10.2 Å². The van der Waals surface area contributed by atoms with Crippen molar-refractivity contribution in [3.63, 3.8) is 0 Å². The van der Waals surface area contributed by atoms with Crippen molar-refractivity contribution in [2.75, 3.05) is 0 Å². The van der Waals surface area contributed by atoms with Crippen molar-refractivity contribution in [2.45, 2.75) is 6.61 Å². The van der Waals surface area contributed by atoms with E-state index in [1.807, 2.05) is 78.9 Å². The summed E-state index contributed by atoms with van der Waals surface area (Å²) >= 11 is 0. The van der Waals surface area contributed by atoms with E-state index < -0.39 is 0 Å². The van der Waals surface area contributed by atoms with Crippen LogP contribution < -0.4 is 4.74 Å². The van der Waals surface area contributed by atoms with Crippen molar-refractivity contribution in [1.82, 2.24) is 15.2 Å². The Bertz CT molecular complexity index is 988. The maximum atomic E-state index is 5.87. The fourth-order valence-electron chi connectivity index (χ4n) is 2.68. The van der Waals surface area contributed by atoms with Crippen molar-refractivity contribution in [3.05, 3.63) is 97.0 Å². The molecule has 2 heterocycles. The maximum absolute atomic E-state index is 5.87. The Labute approximate surface area is 152 Å². The summed E-state index contributed by atoms with van der Waals surface area (Å²) in [5, 5.41) is 8.40. The minimum Gasteiger partial charge on any atom is -0.487 e. The lowest BCUT2D eigenvalue weighted by Crippen LogP contribution is -1.97. The molecule has 4 nitrogen and oxygen atoms in total. The van der Waals surface area contributed by atoms with Crippen molar-refractivity contribution in [1.29, 1.82) is 0 Å². The van der Waals surface area contributed by atoms with E-state index in [1.165, 1.54) is 0 Å². The Hall–Kier alpha value is -3.53. The van der Waals surface area contributed by atoms with E-state index in [0.29, 0.717) is 6.61 Å². The van der Waals surface area contributed by atoms with Crippen LogP contribution in [0.5, 0.6) is 5.75 Å². The third kappa shape index (κ3) is 3.75. The van der Waals surface area contributed by atoms with Crippen molar-refractivity contribution in [3.8, 4) is 28.1 Å². The minimum absolute atomic E-state index is 0.439. The van der Waals surface area contributed by atoms with Gasteiger partial charge < -0.3 is 4.74 Å². The highest BCUT2D eigenvalue weighted by atomic mass is 16.5. The lowest BCUT2D eigenvalue weighted by atomic mass is 10.0. The van der Waals surface area contributed by atoms with Gasteiger partial charge in [0, 0.05) is 17.3 Å². The predicted octanol–water partition coefficient (Wildman–Crippen LogP) is 4.78. The number of hydrogen-bond donors (Lipinski definition) is 0. The molecule has 0 amide bonds. The van der Waals surface area contributed by atoms with Gasteiger partial charge in [0.2, 0.25) is 0 Å². The van der Waals surface area contributed by atoms with Crippen molar-refractivity contribution < 1.29 is 4.74 Å². The van der Waals surface area contributed by atoms with Gasteiger partial charge in [0.05, 0.1) is 17.6 Å². The Kier molecular flexibility index (Phi) is 4.65. The minimum atomic E-state index is 0.439. The zero-order valence-corrected chi connectivity index (χ0v) is 14.1. The van der Waals surface area contributed by atoms with Crippen molar-refractivity contribution in [2.24, 2.45) is 0 Å². The predicted molar refractivity (Wildman–Crippen MR) is 101 cm³/mol. The molecule has 0 bridgehead atoms. The Morgan fingerprint density at radius 2 is 1.58 bits per heavy atom. The van der Waals surface area contributed by atoms with Crippen LogP contribution in [0.15, 0.2) is 91.3 Å². The summed E-state index contributed by atoms with van der Waals surface area (Å²) in [6.07, 6.45) is 3.53. The highest BCUT2D eigenvalue weighted by molar-refractivity contribution is 5.70. The van der Waals surface area contributed by atoms with E-state index in [4.69, 9.17) is 4.74 Å². The maximum Gasteiger partial charge on any atom is 0.130 e. The molecule has 4 heteroatoms. The molecule has 0 aliphatic heterocycles. The summed E-state index contributed by atoms with van der Waals surface area (Å²) in [7, 11) is 0. The molecular formula is C22H17N3O. The molecule has 0 N–H and O–H groups in total. The van der Waals surface area contributed by atoms with Gasteiger partial charge >= 0.3 is 0 Å². The smallest absolute Gasteiger partial charge is 0.130 e. The Balaban J connectivity index is 1.57. The normalized spacial score (nSPS) is 10.5. The first-order chi connectivity index (χ1) is 12.9. The monoisotopic (exact) mass is 339 g/mol. The van der Waals surface area contributed by atoms with Crippen LogP contribution in [0.3, 0.4) is 0 Å². The molecule has 0 fully saturated rings. The van der Waals surface area contributed by atoms with Gasteiger partial charge in [0.15, 0.2) is 0 Å². The summed E-state index contributed by atoms with van der Waals surface area (Å²) in [5.74, 6) is 0.797. The van der Waals surface area contributed by atoms with E-state index in [9.17, 15) is 0 Å². The van der Waals surface area contributed by atoms with Crippen LogP contribution in [0.1, 0.15) is 5.69 Å². The lowest BCUT2D eigenvalue weighted by Gasteiger charge is -2.08. The molecule has 0 unspecified atom stereocenters. The first-order valence-electron chi connectivity index (χ1n) is 8.40. The van der Waals surface area contributed by atoms with Crippen LogP contribution in [-0.4, -0.2) is 15.2 Å². The SMILES string of the molecule is c1ccc(-c2cc(-c3cccc(OCc4ccccn4)c3)cnn2)cc1. The number of hydrogen-bond acceptors (Lipinski definition) is 4. The molecule has 26 heavy (non-hydrogen) atoms. The van der Waals surface area contributed by atoms with Crippen LogP contribution in [0, 0.1) is 0 Å². The van der Waals surface area contributed by atoms with Crippen LogP contribution in [0.4, 0.5) is 0 Å². The summed E-state index contributed by atoms with van der Waals surface area (Å²) in [5.41, 5.74) is 4.83. The van der Waals surface area contributed by atoms with Crippen molar-refractivity contribution >= 4 is 0 Å². The number of aromatic nitrogens is 3. The van der Waals surface area contributed by atoms with Gasteiger partial charge in [0.1, 0.15) is 12.4 Å². The van der Waals surface area contributed by atoms with E-state index in [0.717, 1.165) is 33.8 Å². The Morgan fingerprint density at radius 3 is 2.42 bits per heavy atom. The zero-order chi connectivity index (χ0) is 17.6. The lowest BCUT2D eigenvalue weighted by molar-refractivity contribution is 0.301. The molecule has 0 aliphatic rings. The number of ether oxygens (including phenoxy) is 1. The number of nitrogens with zero attached hydrogens (tertiary/aromatic N) is 3. The molecule has 2 aromatic heterocycles. The Morgan fingerprint density at radius 1 is 0.731 bits per heavy atom. The first kappa shape index (κ1) is 16.0. The van der Waals surface area contributed by atoms with Gasteiger partial charge in [-0.1, -0.05) is 48.5 Å². The van der Waals surface area contributed by atoms with Gasteiger partial charge in [0.25, 0.3) is 0 Å². The molecular weight excluding hydrogens is 322 g/mol. The fraction of sp³-hybridized carbons (Fsp3) is 0.0455. The number of pyridine rings is 1. The second kappa shape index (κ2) is 7.57. The summed E-state index contributed by atoms with van der Waals surface area (Å²) in [4.78, 5) is 4.28. The van der Waals surface area contributed by atoms with E-state index in [1.54, 1.807) is 12.4 Å². The van der Waals surface area contributed by atoms with Crippen LogP contribution >= 0.6 is 0 Å². The van der Waals surface area contributed by atoms with E-state index >= 15 is 0 Å². The van der Waals surface area contributed by atoms with Gasteiger partial charge in [-0.15, -0.1) is 0 Å². The van der Waals surface area contributed by atoms with E-state index in [-0.39, 0.29) is 0 Å². The molecule has 2 aromatic carbocycles. The van der Waals surface area contributed by atoms with Crippen LogP contribution in [-0.2, 0) is 6.61 Å². The highest BCUT2D eigenvalue weighted by Crippen LogP contribution is 2.26. The van der Waals surface area contributed by atoms with E-state index in [2.05, 4.69) is 15.2 Å². The molecule has 0 radical (unpaired) electrons. The van der Waals surface area contributed by atoms with Gasteiger partial charge in [-0.25, -0.2) is 0 Å². The third-order valence-electron chi connectivity index (χ3n) is 4.00.